The molecule has 0 radical (unpaired) electrons. The van der Waals surface area contributed by atoms with Crippen molar-refractivity contribution in [2.24, 2.45) is 0 Å². The fourth-order valence-corrected chi connectivity index (χ4v) is 1.87. The number of aryl methyl sites for hydroxylation is 2. The summed E-state index contributed by atoms with van der Waals surface area (Å²) < 4.78 is 6.91. The second kappa shape index (κ2) is 5.26. The number of carbonyl (C=O) groups is 1. The second-order valence-electron chi connectivity index (χ2n) is 4.71. The first-order chi connectivity index (χ1) is 8.99. The van der Waals surface area contributed by atoms with Crippen molar-refractivity contribution in [1.82, 2.24) is 9.78 Å². The molecule has 0 aliphatic rings. The minimum absolute atomic E-state index is 0.00907. The van der Waals surface area contributed by atoms with E-state index < -0.39 is 0 Å². The summed E-state index contributed by atoms with van der Waals surface area (Å²) in [7, 11) is 0. The molecule has 1 aromatic carbocycles. The van der Waals surface area contributed by atoms with Crippen molar-refractivity contribution in [3.05, 3.63) is 46.8 Å². The van der Waals surface area contributed by atoms with Crippen LogP contribution in [0.5, 0.6) is 5.75 Å². The molecule has 0 unspecified atom stereocenters. The maximum Gasteiger partial charge on any atom is 0.284 e. The normalized spacial score (nSPS) is 10.5. The van der Waals surface area contributed by atoms with Crippen molar-refractivity contribution in [3.63, 3.8) is 0 Å². The third-order valence-corrected chi connectivity index (χ3v) is 3.24. The predicted molar refractivity (Wildman–Crippen MR) is 73.7 cm³/mol. The second-order valence-corrected chi connectivity index (χ2v) is 4.71. The maximum absolute atomic E-state index is 12.1. The molecule has 0 saturated heterocycles. The van der Waals surface area contributed by atoms with E-state index in [0.29, 0.717) is 5.75 Å². The van der Waals surface area contributed by atoms with Crippen LogP contribution in [0.2, 0.25) is 0 Å². The van der Waals surface area contributed by atoms with E-state index in [1.165, 1.54) is 4.68 Å². The molecule has 0 atom stereocenters. The third-order valence-electron chi connectivity index (χ3n) is 3.24. The minimum atomic E-state index is -0.157. The summed E-state index contributed by atoms with van der Waals surface area (Å²) in [6.45, 7) is 7.72. The number of carbonyl (C=O) groups excluding carboxylic acids is 1. The third kappa shape index (κ3) is 2.84. The SMILES string of the molecule is Cc1cccc(OCC(=O)n2nc(C)c(C)c2C)c1. The zero-order valence-corrected chi connectivity index (χ0v) is 11.7. The van der Waals surface area contributed by atoms with Gasteiger partial charge in [-0.15, -0.1) is 0 Å². The number of aromatic nitrogens is 2. The fourth-order valence-electron chi connectivity index (χ4n) is 1.87. The molecule has 2 aromatic rings. The molecule has 0 N–H and O–H groups in total. The van der Waals surface area contributed by atoms with Gasteiger partial charge in [0.1, 0.15) is 5.75 Å². The summed E-state index contributed by atoms with van der Waals surface area (Å²) in [5, 5.41) is 4.23. The molecule has 0 aliphatic heterocycles. The lowest BCUT2D eigenvalue weighted by Gasteiger charge is -2.07. The Morgan fingerprint density at radius 2 is 2.00 bits per heavy atom. The van der Waals surface area contributed by atoms with Crippen LogP contribution in [0.25, 0.3) is 0 Å². The first-order valence-corrected chi connectivity index (χ1v) is 6.24. The van der Waals surface area contributed by atoms with Crippen LogP contribution in [-0.2, 0) is 0 Å². The molecule has 0 bridgehead atoms. The summed E-state index contributed by atoms with van der Waals surface area (Å²) in [4.78, 5) is 12.1. The van der Waals surface area contributed by atoms with Gasteiger partial charge in [-0.3, -0.25) is 4.79 Å². The van der Waals surface area contributed by atoms with E-state index >= 15 is 0 Å². The smallest absolute Gasteiger partial charge is 0.284 e. The standard InChI is InChI=1S/C15H18N2O2/c1-10-6-5-7-14(8-10)19-9-15(18)17-13(4)11(2)12(3)16-17/h5-8H,9H2,1-4H3. The van der Waals surface area contributed by atoms with E-state index in [4.69, 9.17) is 4.74 Å². The lowest BCUT2D eigenvalue weighted by Crippen LogP contribution is -2.21. The zero-order chi connectivity index (χ0) is 14.0. The Morgan fingerprint density at radius 1 is 1.26 bits per heavy atom. The number of hydrogen-bond acceptors (Lipinski definition) is 3. The quantitative estimate of drug-likeness (QED) is 0.850. The number of ether oxygens (including phenoxy) is 1. The van der Waals surface area contributed by atoms with Crippen molar-refractivity contribution < 1.29 is 9.53 Å². The highest BCUT2D eigenvalue weighted by molar-refractivity contribution is 5.80. The molecule has 1 aromatic heterocycles. The number of hydrogen-bond donors (Lipinski definition) is 0. The van der Waals surface area contributed by atoms with Crippen LogP contribution in [0.1, 0.15) is 27.3 Å². The molecule has 4 heteroatoms. The monoisotopic (exact) mass is 258 g/mol. The Bertz CT molecular complexity index is 615. The molecule has 1 heterocycles. The van der Waals surface area contributed by atoms with E-state index in [2.05, 4.69) is 5.10 Å². The van der Waals surface area contributed by atoms with Crippen molar-refractivity contribution in [2.45, 2.75) is 27.7 Å². The highest BCUT2D eigenvalue weighted by atomic mass is 16.5. The lowest BCUT2D eigenvalue weighted by molar-refractivity contribution is 0.0818. The largest absolute Gasteiger partial charge is 0.484 e. The van der Waals surface area contributed by atoms with E-state index in [1.54, 1.807) is 0 Å². The highest BCUT2D eigenvalue weighted by Crippen LogP contribution is 2.14. The van der Waals surface area contributed by atoms with Gasteiger partial charge in [0.15, 0.2) is 6.61 Å². The first kappa shape index (κ1) is 13.3. The number of rotatable bonds is 3. The summed E-state index contributed by atoms with van der Waals surface area (Å²) >= 11 is 0. The minimum Gasteiger partial charge on any atom is -0.484 e. The van der Waals surface area contributed by atoms with E-state index in [9.17, 15) is 4.79 Å². The molecule has 0 amide bonds. The van der Waals surface area contributed by atoms with Crippen LogP contribution in [-0.4, -0.2) is 22.3 Å². The van der Waals surface area contributed by atoms with E-state index in [-0.39, 0.29) is 12.5 Å². The molecule has 0 saturated carbocycles. The van der Waals surface area contributed by atoms with Crippen LogP contribution in [0.3, 0.4) is 0 Å². The van der Waals surface area contributed by atoms with Gasteiger partial charge in [0.25, 0.3) is 5.91 Å². The molecular formula is C15H18N2O2. The lowest BCUT2D eigenvalue weighted by atomic mass is 10.2. The van der Waals surface area contributed by atoms with Crippen LogP contribution in [0, 0.1) is 27.7 Å². The van der Waals surface area contributed by atoms with Gasteiger partial charge < -0.3 is 4.74 Å². The topological polar surface area (TPSA) is 44.1 Å². The van der Waals surface area contributed by atoms with Gasteiger partial charge in [0.2, 0.25) is 0 Å². The van der Waals surface area contributed by atoms with Crippen molar-refractivity contribution >= 4 is 5.91 Å². The molecule has 100 valence electrons. The number of benzene rings is 1. The van der Waals surface area contributed by atoms with E-state index in [1.807, 2.05) is 52.0 Å². The molecular weight excluding hydrogens is 240 g/mol. The van der Waals surface area contributed by atoms with Crippen molar-refractivity contribution in [1.29, 1.82) is 0 Å². The van der Waals surface area contributed by atoms with Crippen LogP contribution in [0.4, 0.5) is 0 Å². The van der Waals surface area contributed by atoms with Gasteiger partial charge in [-0.1, -0.05) is 12.1 Å². The van der Waals surface area contributed by atoms with Gasteiger partial charge in [-0.2, -0.15) is 5.10 Å². The number of nitrogens with zero attached hydrogens (tertiary/aromatic N) is 2. The predicted octanol–water partition coefficient (Wildman–Crippen LogP) is 2.84. The maximum atomic E-state index is 12.1. The highest BCUT2D eigenvalue weighted by Gasteiger charge is 2.14. The Kier molecular flexibility index (Phi) is 3.69. The first-order valence-electron chi connectivity index (χ1n) is 6.24. The van der Waals surface area contributed by atoms with E-state index in [0.717, 1.165) is 22.5 Å². The molecule has 19 heavy (non-hydrogen) atoms. The molecule has 0 spiro atoms. The van der Waals surface area contributed by atoms with Gasteiger partial charge in [0.05, 0.1) is 5.69 Å². The summed E-state index contributed by atoms with van der Waals surface area (Å²) in [6.07, 6.45) is 0. The Hall–Kier alpha value is -2.10. The van der Waals surface area contributed by atoms with Crippen LogP contribution < -0.4 is 4.74 Å². The van der Waals surface area contributed by atoms with Gasteiger partial charge >= 0.3 is 0 Å². The zero-order valence-electron chi connectivity index (χ0n) is 11.7. The van der Waals surface area contributed by atoms with Crippen molar-refractivity contribution in [2.75, 3.05) is 6.61 Å². The average molecular weight is 258 g/mol. The average Bonchev–Trinajstić information content (AvgIpc) is 2.64. The molecule has 2 rings (SSSR count). The molecule has 0 aliphatic carbocycles. The Balaban J connectivity index is 2.07. The van der Waals surface area contributed by atoms with Gasteiger partial charge in [-0.25, -0.2) is 4.68 Å². The van der Waals surface area contributed by atoms with Crippen molar-refractivity contribution in [3.8, 4) is 5.75 Å². The molecule has 0 fully saturated rings. The van der Waals surface area contributed by atoms with Crippen LogP contribution in [0.15, 0.2) is 24.3 Å². The summed E-state index contributed by atoms with van der Waals surface area (Å²) in [5.41, 5.74) is 3.90. The molecule has 4 nitrogen and oxygen atoms in total. The summed E-state index contributed by atoms with van der Waals surface area (Å²) in [5.74, 6) is 0.543. The Morgan fingerprint density at radius 3 is 2.58 bits per heavy atom. The summed E-state index contributed by atoms with van der Waals surface area (Å²) in [6, 6.07) is 7.63. The van der Waals surface area contributed by atoms with Gasteiger partial charge in [-0.05, 0) is 51.0 Å². The fraction of sp³-hybridized carbons (Fsp3) is 0.333. The van der Waals surface area contributed by atoms with Crippen LogP contribution >= 0.6 is 0 Å². The van der Waals surface area contributed by atoms with Gasteiger partial charge in [0, 0.05) is 5.69 Å². The Labute approximate surface area is 113 Å².